The minimum absolute atomic E-state index is 0.121. The van der Waals surface area contributed by atoms with Crippen molar-refractivity contribution in [1.82, 2.24) is 5.32 Å². The summed E-state index contributed by atoms with van der Waals surface area (Å²) in [6, 6.07) is 7.68. The Labute approximate surface area is 147 Å². The van der Waals surface area contributed by atoms with Crippen LogP contribution < -0.4 is 5.32 Å². The number of carbonyl (C=O) groups is 2. The molecule has 8 heteroatoms. The third-order valence-corrected chi connectivity index (χ3v) is 5.73. The molecule has 1 aromatic rings. The Morgan fingerprint density at radius 3 is 2.44 bits per heavy atom. The van der Waals surface area contributed by atoms with E-state index in [1.54, 1.807) is 20.8 Å². The van der Waals surface area contributed by atoms with Gasteiger partial charge in [0, 0.05) is 0 Å². The Morgan fingerprint density at radius 2 is 1.92 bits per heavy atom. The normalized spacial score (nSPS) is 13.6. The van der Waals surface area contributed by atoms with E-state index >= 15 is 0 Å². The lowest BCUT2D eigenvalue weighted by Gasteiger charge is -2.27. The predicted octanol–water partition coefficient (Wildman–Crippen LogP) is 1.69. The van der Waals surface area contributed by atoms with Gasteiger partial charge < -0.3 is 10.1 Å². The van der Waals surface area contributed by atoms with Gasteiger partial charge in [0.15, 0.2) is 16.4 Å². The van der Waals surface area contributed by atoms with Crippen molar-refractivity contribution in [2.24, 2.45) is 5.92 Å². The minimum Gasteiger partial charge on any atom is -0.452 e. The van der Waals surface area contributed by atoms with Crippen LogP contribution in [0.1, 0.15) is 38.1 Å². The van der Waals surface area contributed by atoms with Gasteiger partial charge in [-0.3, -0.25) is 4.79 Å². The number of sulfone groups is 1. The van der Waals surface area contributed by atoms with Gasteiger partial charge >= 0.3 is 5.97 Å². The molecule has 136 valence electrons. The second-order valence-electron chi connectivity index (χ2n) is 5.99. The van der Waals surface area contributed by atoms with Gasteiger partial charge in [-0.25, -0.2) is 13.2 Å². The molecule has 0 aliphatic carbocycles. The van der Waals surface area contributed by atoms with E-state index in [0.29, 0.717) is 0 Å². The molecule has 0 aliphatic heterocycles. The first-order chi connectivity index (χ1) is 11.6. The molecule has 1 aromatic carbocycles. The number of nitrogens with zero attached hydrogens (tertiary/aromatic N) is 1. The maximum atomic E-state index is 12.2. The minimum atomic E-state index is -3.60. The van der Waals surface area contributed by atoms with Crippen molar-refractivity contribution in [3.05, 3.63) is 29.8 Å². The zero-order valence-electron chi connectivity index (χ0n) is 14.7. The zero-order chi connectivity index (χ0) is 19.3. The van der Waals surface area contributed by atoms with Gasteiger partial charge in [0.2, 0.25) is 0 Å². The third-order valence-electron chi connectivity index (χ3n) is 3.94. The highest BCUT2D eigenvalue weighted by Gasteiger charge is 2.30. The van der Waals surface area contributed by atoms with Crippen LogP contribution in [0.4, 0.5) is 0 Å². The van der Waals surface area contributed by atoms with Crippen LogP contribution in [0.25, 0.3) is 0 Å². The number of benzene rings is 1. The molecule has 1 rings (SSSR count). The Bertz CT molecular complexity index is 796. The Balaban J connectivity index is 2.86. The molecule has 1 N–H and O–H groups in total. The van der Waals surface area contributed by atoms with Crippen LogP contribution in [-0.2, 0) is 19.4 Å². The Hall–Kier alpha value is -2.40. The summed E-state index contributed by atoms with van der Waals surface area (Å²) in [4.78, 5) is 24.0. The summed E-state index contributed by atoms with van der Waals surface area (Å²) in [6.07, 6.45) is 0. The van der Waals surface area contributed by atoms with E-state index in [4.69, 9.17) is 4.74 Å². The molecule has 0 aromatic heterocycles. The highest BCUT2D eigenvalue weighted by atomic mass is 32.2. The molecule has 0 spiro atoms. The van der Waals surface area contributed by atoms with E-state index in [1.807, 2.05) is 6.07 Å². The molecule has 0 saturated carbocycles. The Morgan fingerprint density at radius 1 is 1.32 bits per heavy atom. The number of ether oxygens (including phenoxy) is 1. The maximum Gasteiger partial charge on any atom is 0.339 e. The molecule has 0 bridgehead atoms. The third kappa shape index (κ3) is 5.03. The lowest BCUT2D eigenvalue weighted by molar-refractivity contribution is -0.125. The summed E-state index contributed by atoms with van der Waals surface area (Å²) >= 11 is 0. The van der Waals surface area contributed by atoms with Crippen LogP contribution >= 0.6 is 0 Å². The van der Waals surface area contributed by atoms with E-state index in [1.165, 1.54) is 31.2 Å². The maximum absolute atomic E-state index is 12.2. The summed E-state index contributed by atoms with van der Waals surface area (Å²) < 4.78 is 29.0. The van der Waals surface area contributed by atoms with Gasteiger partial charge in [-0.05, 0) is 25.0 Å². The van der Waals surface area contributed by atoms with Crippen molar-refractivity contribution in [3.8, 4) is 6.07 Å². The zero-order valence-corrected chi connectivity index (χ0v) is 15.5. The fourth-order valence-electron chi connectivity index (χ4n) is 1.90. The highest BCUT2D eigenvalue weighted by Crippen LogP contribution is 2.18. The van der Waals surface area contributed by atoms with E-state index in [0.717, 1.165) is 0 Å². The summed E-state index contributed by atoms with van der Waals surface area (Å²) in [5.41, 5.74) is -1.21. The van der Waals surface area contributed by atoms with Crippen LogP contribution in [0.2, 0.25) is 0 Å². The van der Waals surface area contributed by atoms with Gasteiger partial charge in [0.1, 0.15) is 5.54 Å². The first-order valence-electron chi connectivity index (χ1n) is 7.78. The number of amides is 1. The molecule has 25 heavy (non-hydrogen) atoms. The predicted molar refractivity (Wildman–Crippen MR) is 91.5 cm³/mol. The lowest BCUT2D eigenvalue weighted by Crippen LogP contribution is -2.50. The molecular formula is C17H22N2O5S. The van der Waals surface area contributed by atoms with Gasteiger partial charge in [0.25, 0.3) is 5.91 Å². The number of hydrogen-bond donors (Lipinski definition) is 1. The van der Waals surface area contributed by atoms with Crippen LogP contribution in [0.15, 0.2) is 29.2 Å². The second kappa shape index (κ2) is 8.12. The molecule has 0 radical (unpaired) electrons. The van der Waals surface area contributed by atoms with E-state index in [2.05, 4.69) is 5.32 Å². The Kier molecular flexibility index (Phi) is 6.70. The summed E-state index contributed by atoms with van der Waals surface area (Å²) in [5, 5.41) is 11.7. The van der Waals surface area contributed by atoms with Crippen LogP contribution in [0, 0.1) is 17.2 Å². The molecular weight excluding hydrogens is 344 g/mol. The molecule has 7 nitrogen and oxygen atoms in total. The molecule has 1 atom stereocenters. The average molecular weight is 366 g/mol. The van der Waals surface area contributed by atoms with Crippen LogP contribution in [-0.4, -0.2) is 38.2 Å². The number of carbonyl (C=O) groups excluding carboxylic acids is 2. The van der Waals surface area contributed by atoms with Gasteiger partial charge in [-0.1, -0.05) is 32.9 Å². The van der Waals surface area contributed by atoms with Crippen molar-refractivity contribution in [3.63, 3.8) is 0 Å². The number of rotatable bonds is 7. The molecule has 0 heterocycles. The molecule has 0 fully saturated rings. The molecule has 1 amide bonds. The number of hydrogen-bond acceptors (Lipinski definition) is 6. The SMILES string of the molecule is CCS(=O)(=O)c1ccccc1C(=O)OCC(=O)N[C@](C)(C#N)C(C)C. The summed E-state index contributed by atoms with van der Waals surface area (Å²) in [5.74, 6) is -1.85. The second-order valence-corrected chi connectivity index (χ2v) is 8.24. The average Bonchev–Trinajstić information content (AvgIpc) is 2.59. The van der Waals surface area contributed by atoms with Gasteiger partial charge in [0.05, 0.1) is 22.3 Å². The standard InChI is InChI=1S/C17H22N2O5S/c1-5-25(22,23)14-9-7-6-8-13(14)16(21)24-10-15(20)19-17(4,11-18)12(2)3/h6-9,12H,5,10H2,1-4H3,(H,19,20)/t17-/m1/s1. The van der Waals surface area contributed by atoms with Crippen molar-refractivity contribution in [2.45, 2.75) is 38.1 Å². The first-order valence-corrected chi connectivity index (χ1v) is 9.43. The molecule has 0 unspecified atom stereocenters. The topological polar surface area (TPSA) is 113 Å². The number of esters is 1. The van der Waals surface area contributed by atoms with Crippen molar-refractivity contribution < 1.29 is 22.7 Å². The van der Waals surface area contributed by atoms with Crippen LogP contribution in [0.3, 0.4) is 0 Å². The van der Waals surface area contributed by atoms with E-state index in [-0.39, 0.29) is 22.1 Å². The fourth-order valence-corrected chi connectivity index (χ4v) is 2.98. The summed E-state index contributed by atoms with van der Waals surface area (Å²) in [7, 11) is -3.60. The molecule has 0 aliphatic rings. The number of nitrogens with one attached hydrogen (secondary N) is 1. The fraction of sp³-hybridized carbons (Fsp3) is 0.471. The van der Waals surface area contributed by atoms with E-state index < -0.39 is 33.9 Å². The quantitative estimate of drug-likeness (QED) is 0.735. The lowest BCUT2D eigenvalue weighted by atomic mass is 9.90. The van der Waals surface area contributed by atoms with Crippen molar-refractivity contribution in [1.29, 1.82) is 5.26 Å². The largest absolute Gasteiger partial charge is 0.452 e. The summed E-state index contributed by atoms with van der Waals surface area (Å²) in [6.45, 7) is 5.99. The van der Waals surface area contributed by atoms with Gasteiger partial charge in [-0.15, -0.1) is 0 Å². The first kappa shape index (κ1) is 20.6. The van der Waals surface area contributed by atoms with Crippen molar-refractivity contribution >= 4 is 21.7 Å². The monoisotopic (exact) mass is 366 g/mol. The van der Waals surface area contributed by atoms with Gasteiger partial charge in [-0.2, -0.15) is 5.26 Å². The van der Waals surface area contributed by atoms with Crippen LogP contribution in [0.5, 0.6) is 0 Å². The molecule has 0 saturated heterocycles. The van der Waals surface area contributed by atoms with Crippen molar-refractivity contribution in [2.75, 3.05) is 12.4 Å². The highest BCUT2D eigenvalue weighted by molar-refractivity contribution is 7.91. The number of nitriles is 1. The smallest absolute Gasteiger partial charge is 0.339 e. The van der Waals surface area contributed by atoms with E-state index in [9.17, 15) is 23.3 Å².